The standard InChI is InChI=1S/C18H20N2O4/c1-23-10-8-19-17(21)15-11-13-5-2-3-6-14(13)12-20(15)18(22)16-7-4-9-24-16/h2-7,9,15H,8,10-12H2,1H3,(H,19,21). The quantitative estimate of drug-likeness (QED) is 0.847. The molecule has 0 bridgehead atoms. The SMILES string of the molecule is COCCNC(=O)C1Cc2ccccc2CN1C(=O)c1ccco1. The van der Waals surface area contributed by atoms with Crippen LogP contribution in [0.4, 0.5) is 0 Å². The van der Waals surface area contributed by atoms with Gasteiger partial charge in [0.25, 0.3) is 5.91 Å². The molecule has 2 aromatic rings. The van der Waals surface area contributed by atoms with Gasteiger partial charge in [-0.15, -0.1) is 0 Å². The molecule has 0 radical (unpaired) electrons. The average Bonchev–Trinajstić information content (AvgIpc) is 3.14. The summed E-state index contributed by atoms with van der Waals surface area (Å²) in [6.45, 7) is 1.23. The van der Waals surface area contributed by atoms with Crippen LogP contribution >= 0.6 is 0 Å². The maximum atomic E-state index is 12.7. The van der Waals surface area contributed by atoms with Crippen molar-refractivity contribution in [1.29, 1.82) is 0 Å². The zero-order chi connectivity index (χ0) is 16.9. The highest BCUT2D eigenvalue weighted by molar-refractivity contribution is 5.96. The Bertz CT molecular complexity index is 712. The van der Waals surface area contributed by atoms with E-state index in [1.807, 2.05) is 24.3 Å². The van der Waals surface area contributed by atoms with Crippen molar-refractivity contribution in [3.05, 3.63) is 59.5 Å². The number of fused-ring (bicyclic) bond motifs is 1. The smallest absolute Gasteiger partial charge is 0.290 e. The van der Waals surface area contributed by atoms with Crippen LogP contribution in [0, 0.1) is 0 Å². The summed E-state index contributed by atoms with van der Waals surface area (Å²) in [7, 11) is 1.58. The van der Waals surface area contributed by atoms with E-state index in [2.05, 4.69) is 5.32 Å². The zero-order valence-corrected chi connectivity index (χ0v) is 13.5. The molecule has 1 atom stereocenters. The van der Waals surface area contributed by atoms with E-state index < -0.39 is 6.04 Å². The van der Waals surface area contributed by atoms with Crippen LogP contribution < -0.4 is 5.32 Å². The predicted molar refractivity (Wildman–Crippen MR) is 87.4 cm³/mol. The Morgan fingerprint density at radius 1 is 1.25 bits per heavy atom. The fourth-order valence-corrected chi connectivity index (χ4v) is 2.91. The maximum Gasteiger partial charge on any atom is 0.290 e. The van der Waals surface area contributed by atoms with Gasteiger partial charge in [0, 0.05) is 26.6 Å². The molecule has 6 nitrogen and oxygen atoms in total. The number of benzene rings is 1. The number of ether oxygens (including phenoxy) is 1. The summed E-state index contributed by atoms with van der Waals surface area (Å²) in [5, 5.41) is 2.83. The number of hydrogen-bond acceptors (Lipinski definition) is 4. The van der Waals surface area contributed by atoms with Crippen LogP contribution in [0.5, 0.6) is 0 Å². The third-order valence-electron chi connectivity index (χ3n) is 4.15. The van der Waals surface area contributed by atoms with Crippen LogP contribution in [0.1, 0.15) is 21.7 Å². The van der Waals surface area contributed by atoms with Crippen molar-refractivity contribution in [2.45, 2.75) is 19.0 Å². The van der Waals surface area contributed by atoms with Crippen molar-refractivity contribution in [3.63, 3.8) is 0 Å². The lowest BCUT2D eigenvalue weighted by Crippen LogP contribution is -2.52. The van der Waals surface area contributed by atoms with Crippen molar-refractivity contribution in [1.82, 2.24) is 10.2 Å². The van der Waals surface area contributed by atoms with Crippen molar-refractivity contribution < 1.29 is 18.7 Å². The lowest BCUT2D eigenvalue weighted by atomic mass is 9.93. The van der Waals surface area contributed by atoms with Crippen LogP contribution in [0.15, 0.2) is 47.1 Å². The number of hydrogen-bond donors (Lipinski definition) is 1. The van der Waals surface area contributed by atoms with Gasteiger partial charge in [-0.05, 0) is 23.3 Å². The third kappa shape index (κ3) is 3.33. The Labute approximate surface area is 140 Å². The predicted octanol–water partition coefficient (Wildman–Crippen LogP) is 1.61. The number of carbonyl (C=O) groups is 2. The van der Waals surface area contributed by atoms with E-state index >= 15 is 0 Å². The number of amides is 2. The van der Waals surface area contributed by atoms with Gasteiger partial charge in [0.05, 0.1) is 12.9 Å². The molecule has 0 fully saturated rings. The summed E-state index contributed by atoms with van der Waals surface area (Å²) in [6.07, 6.45) is 1.94. The molecule has 0 aliphatic carbocycles. The topological polar surface area (TPSA) is 71.8 Å². The first-order chi connectivity index (χ1) is 11.7. The fourth-order valence-electron chi connectivity index (χ4n) is 2.91. The number of methoxy groups -OCH3 is 1. The first-order valence-electron chi connectivity index (χ1n) is 7.88. The van der Waals surface area contributed by atoms with Crippen LogP contribution in [-0.4, -0.2) is 43.0 Å². The highest BCUT2D eigenvalue weighted by Gasteiger charge is 2.35. The van der Waals surface area contributed by atoms with Gasteiger partial charge in [0.1, 0.15) is 6.04 Å². The summed E-state index contributed by atoms with van der Waals surface area (Å²) in [6, 6.07) is 10.6. The molecule has 1 N–H and O–H groups in total. The zero-order valence-electron chi connectivity index (χ0n) is 13.5. The van der Waals surface area contributed by atoms with E-state index in [0.717, 1.165) is 11.1 Å². The molecule has 1 aromatic heterocycles. The molecule has 24 heavy (non-hydrogen) atoms. The Hall–Kier alpha value is -2.60. The molecule has 2 heterocycles. The van der Waals surface area contributed by atoms with Crippen LogP contribution in [0.2, 0.25) is 0 Å². The summed E-state index contributed by atoms with van der Waals surface area (Å²) < 4.78 is 10.2. The maximum absolute atomic E-state index is 12.7. The van der Waals surface area contributed by atoms with E-state index in [1.54, 1.807) is 24.1 Å². The van der Waals surface area contributed by atoms with Crippen molar-refractivity contribution in [2.75, 3.05) is 20.3 Å². The van der Waals surface area contributed by atoms with Crippen LogP contribution in [-0.2, 0) is 22.5 Å². The van der Waals surface area contributed by atoms with Gasteiger partial charge in [0.15, 0.2) is 5.76 Å². The molecule has 0 saturated heterocycles. The molecular formula is C18H20N2O4. The lowest BCUT2D eigenvalue weighted by molar-refractivity contribution is -0.126. The summed E-state index contributed by atoms with van der Waals surface area (Å²) in [5.41, 5.74) is 2.14. The molecule has 2 amide bonds. The monoisotopic (exact) mass is 328 g/mol. The highest BCUT2D eigenvalue weighted by atomic mass is 16.5. The second-order valence-corrected chi connectivity index (χ2v) is 5.68. The normalized spacial score (nSPS) is 16.5. The summed E-state index contributed by atoms with van der Waals surface area (Å²) >= 11 is 0. The summed E-state index contributed by atoms with van der Waals surface area (Å²) in [4.78, 5) is 26.9. The number of carbonyl (C=O) groups excluding carboxylic acids is 2. The van der Waals surface area contributed by atoms with Gasteiger partial charge in [-0.3, -0.25) is 9.59 Å². The van der Waals surface area contributed by atoms with Gasteiger partial charge in [-0.25, -0.2) is 0 Å². The highest BCUT2D eigenvalue weighted by Crippen LogP contribution is 2.25. The van der Waals surface area contributed by atoms with Crippen molar-refractivity contribution >= 4 is 11.8 Å². The molecule has 1 aliphatic heterocycles. The molecule has 1 aromatic carbocycles. The second-order valence-electron chi connectivity index (χ2n) is 5.68. The molecule has 126 valence electrons. The van der Waals surface area contributed by atoms with E-state index in [-0.39, 0.29) is 17.6 Å². The lowest BCUT2D eigenvalue weighted by Gasteiger charge is -2.35. The van der Waals surface area contributed by atoms with Gasteiger partial charge in [0.2, 0.25) is 5.91 Å². The van der Waals surface area contributed by atoms with Crippen LogP contribution in [0.3, 0.4) is 0 Å². The van der Waals surface area contributed by atoms with Crippen molar-refractivity contribution in [2.24, 2.45) is 0 Å². The molecule has 0 spiro atoms. The molecule has 3 rings (SSSR count). The molecule has 1 aliphatic rings. The first kappa shape index (κ1) is 16.3. The van der Waals surface area contributed by atoms with Gasteiger partial charge in [-0.2, -0.15) is 0 Å². The summed E-state index contributed by atoms with van der Waals surface area (Å²) in [5.74, 6) is -0.216. The minimum Gasteiger partial charge on any atom is -0.459 e. The van der Waals surface area contributed by atoms with Crippen molar-refractivity contribution in [3.8, 4) is 0 Å². The average molecular weight is 328 g/mol. The fraction of sp³-hybridized carbons (Fsp3) is 0.333. The first-order valence-corrected chi connectivity index (χ1v) is 7.88. The number of rotatable bonds is 5. The minimum absolute atomic E-state index is 0.179. The largest absolute Gasteiger partial charge is 0.459 e. The van der Waals surface area contributed by atoms with E-state index in [4.69, 9.17) is 9.15 Å². The second kappa shape index (κ2) is 7.31. The Morgan fingerprint density at radius 2 is 2.04 bits per heavy atom. The van der Waals surface area contributed by atoms with Gasteiger partial charge >= 0.3 is 0 Å². The number of nitrogens with one attached hydrogen (secondary N) is 1. The molecular weight excluding hydrogens is 308 g/mol. The minimum atomic E-state index is -0.561. The van der Waals surface area contributed by atoms with E-state index in [9.17, 15) is 9.59 Å². The van der Waals surface area contributed by atoms with E-state index in [1.165, 1.54) is 6.26 Å². The number of nitrogens with zero attached hydrogens (tertiary/aromatic N) is 1. The van der Waals surface area contributed by atoms with Gasteiger partial charge < -0.3 is 19.4 Å². The molecule has 1 unspecified atom stereocenters. The van der Waals surface area contributed by atoms with Crippen LogP contribution in [0.25, 0.3) is 0 Å². The Kier molecular flexibility index (Phi) is 4.96. The molecule has 0 saturated carbocycles. The number of furan rings is 1. The van der Waals surface area contributed by atoms with E-state index in [0.29, 0.717) is 26.1 Å². The Balaban J connectivity index is 1.84. The Morgan fingerprint density at radius 3 is 2.75 bits per heavy atom. The molecule has 6 heteroatoms. The third-order valence-corrected chi connectivity index (χ3v) is 4.15. The van der Waals surface area contributed by atoms with Gasteiger partial charge in [-0.1, -0.05) is 24.3 Å².